The molecule has 4 aromatic carbocycles. The summed E-state index contributed by atoms with van der Waals surface area (Å²) in [4.78, 5) is 0. The summed E-state index contributed by atoms with van der Waals surface area (Å²) in [7, 11) is 0. The van der Waals surface area contributed by atoms with Crippen molar-refractivity contribution in [2.75, 3.05) is 0 Å². The van der Waals surface area contributed by atoms with Crippen molar-refractivity contribution in [3.05, 3.63) is 148 Å². The smallest absolute Gasteiger partial charge is 0.0664 e. The summed E-state index contributed by atoms with van der Waals surface area (Å²) in [6, 6.07) is 28.0. The molecule has 0 fully saturated rings. The van der Waals surface area contributed by atoms with Gasteiger partial charge < -0.3 is 0 Å². The van der Waals surface area contributed by atoms with Gasteiger partial charge in [0.1, 0.15) is 0 Å². The van der Waals surface area contributed by atoms with E-state index < -0.39 is 0 Å². The van der Waals surface area contributed by atoms with Crippen LogP contribution in [0.25, 0.3) is 12.2 Å². The first-order valence-corrected chi connectivity index (χ1v) is 15.3. The zero-order chi connectivity index (χ0) is 26.4. The Hall–Kier alpha value is -1.17. The van der Waals surface area contributed by atoms with E-state index in [9.17, 15) is 0 Å². The fourth-order valence-electron chi connectivity index (χ4n) is 3.61. The Bertz CT molecular complexity index is 1310. The molecule has 0 spiro atoms. The number of hydrogen-bond acceptors (Lipinski definition) is 1. The van der Waals surface area contributed by atoms with Crippen molar-refractivity contribution in [3.63, 3.8) is 0 Å². The molecule has 0 aliphatic heterocycles. The summed E-state index contributed by atoms with van der Waals surface area (Å²) in [5, 5.41) is 2.20. The molecule has 0 aromatic heterocycles. The van der Waals surface area contributed by atoms with Crippen molar-refractivity contribution < 1.29 is 0 Å². The lowest BCUT2D eigenvalue weighted by atomic mass is 10.1. The first-order valence-electron chi connectivity index (χ1n) is 11.2. The molecule has 0 aliphatic carbocycles. The van der Waals surface area contributed by atoms with Crippen LogP contribution in [0, 0.1) is 0 Å². The number of hydrogen-bond donors (Lipinski definition) is 0. The van der Waals surface area contributed by atoms with Crippen LogP contribution in [0.5, 0.6) is 0 Å². The molecule has 0 radical (unpaired) electrons. The van der Waals surface area contributed by atoms with Crippen LogP contribution in [0.2, 0.25) is 20.1 Å². The molecule has 37 heavy (non-hydrogen) atoms. The number of thioether (sulfide) groups is 1. The van der Waals surface area contributed by atoms with Crippen LogP contribution in [0.1, 0.15) is 32.8 Å². The molecule has 0 saturated carbocycles. The Balaban J connectivity index is 1.73. The summed E-state index contributed by atoms with van der Waals surface area (Å²) in [6.07, 6.45) is 8.39. The Morgan fingerprint density at radius 3 is 1.30 bits per heavy atom. The third-order valence-electron chi connectivity index (χ3n) is 5.55. The minimum atomic E-state index is 0.0243. The molecule has 2 unspecified atom stereocenters. The first-order chi connectivity index (χ1) is 17.8. The number of halogens is 6. The van der Waals surface area contributed by atoms with Crippen molar-refractivity contribution in [3.8, 4) is 0 Å². The molecule has 0 bridgehead atoms. The van der Waals surface area contributed by atoms with Gasteiger partial charge in [-0.05, 0) is 58.7 Å². The third kappa shape index (κ3) is 7.92. The molecule has 0 heterocycles. The van der Waals surface area contributed by atoms with Crippen LogP contribution in [0.15, 0.2) is 106 Å². The maximum Gasteiger partial charge on any atom is 0.0664 e. The maximum atomic E-state index is 6.47. The summed E-state index contributed by atoms with van der Waals surface area (Å²) < 4.78 is 2.06. The van der Waals surface area contributed by atoms with E-state index in [4.69, 9.17) is 46.4 Å². The van der Waals surface area contributed by atoms with Gasteiger partial charge in [-0.25, -0.2) is 0 Å². The largest absolute Gasteiger partial charge is 0.137 e. The predicted molar refractivity (Wildman–Crippen MR) is 172 cm³/mol. The van der Waals surface area contributed by atoms with Crippen LogP contribution in [-0.4, -0.2) is 0 Å². The molecule has 0 saturated heterocycles. The van der Waals surface area contributed by atoms with Gasteiger partial charge in [0.2, 0.25) is 0 Å². The zero-order valence-corrected chi connectivity index (χ0v) is 26.2. The standard InChI is InChI=1S/C30H20Br2Cl4S/c31-23-13-7-19(8-14-23)27(17-11-21-3-1-5-25(33)29(21)35)37-28(20-9-15-24(32)16-10-20)18-12-22-4-2-6-26(34)30(22)36/h1-18,27-28H. The van der Waals surface area contributed by atoms with Gasteiger partial charge in [0, 0.05) is 19.4 Å². The first kappa shape index (κ1) is 28.8. The number of rotatable bonds is 8. The molecule has 0 N–H and O–H groups in total. The maximum absolute atomic E-state index is 6.47. The van der Waals surface area contributed by atoms with E-state index in [0.717, 1.165) is 20.1 Å². The third-order valence-corrected chi connectivity index (χ3v) is 9.72. The molecule has 7 heteroatoms. The molecule has 2 atom stereocenters. The molecular weight excluding hydrogens is 694 g/mol. The lowest BCUT2D eigenvalue weighted by molar-refractivity contribution is 1.17. The minimum absolute atomic E-state index is 0.0243. The Morgan fingerprint density at radius 2 is 0.919 bits per heavy atom. The number of benzene rings is 4. The fourth-order valence-corrected chi connectivity index (χ4v) is 6.17. The average Bonchev–Trinajstić information content (AvgIpc) is 2.89. The zero-order valence-electron chi connectivity index (χ0n) is 19.2. The van der Waals surface area contributed by atoms with Crippen molar-refractivity contribution in [1.29, 1.82) is 0 Å². The van der Waals surface area contributed by atoms with Gasteiger partial charge in [0.25, 0.3) is 0 Å². The topological polar surface area (TPSA) is 0 Å². The molecule has 4 rings (SSSR count). The summed E-state index contributed by atoms with van der Waals surface area (Å²) in [6.45, 7) is 0. The second-order valence-corrected chi connectivity index (χ2v) is 12.8. The highest BCUT2D eigenvalue weighted by molar-refractivity contribution is 9.10. The fraction of sp³-hybridized carbons (Fsp3) is 0.0667. The molecule has 0 amide bonds. The summed E-state index contributed by atoms with van der Waals surface area (Å²) in [5.74, 6) is 0. The summed E-state index contributed by atoms with van der Waals surface area (Å²) in [5.41, 5.74) is 4.08. The highest BCUT2D eigenvalue weighted by Gasteiger charge is 2.18. The highest BCUT2D eigenvalue weighted by atomic mass is 79.9. The summed E-state index contributed by atoms with van der Waals surface area (Å²) >= 11 is 34.4. The van der Waals surface area contributed by atoms with Crippen LogP contribution in [0.4, 0.5) is 0 Å². The van der Waals surface area contributed by atoms with Gasteiger partial charge in [0.05, 0.1) is 20.1 Å². The second-order valence-electron chi connectivity index (χ2n) is 8.08. The van der Waals surface area contributed by atoms with Gasteiger partial charge >= 0.3 is 0 Å². The van der Waals surface area contributed by atoms with E-state index >= 15 is 0 Å². The van der Waals surface area contributed by atoms with Crippen LogP contribution in [-0.2, 0) is 0 Å². The van der Waals surface area contributed by atoms with E-state index in [-0.39, 0.29) is 10.5 Å². The van der Waals surface area contributed by atoms with Gasteiger partial charge in [-0.3, -0.25) is 0 Å². The van der Waals surface area contributed by atoms with E-state index in [0.29, 0.717) is 20.1 Å². The van der Waals surface area contributed by atoms with E-state index in [1.54, 1.807) is 12.1 Å². The van der Waals surface area contributed by atoms with E-state index in [1.807, 2.05) is 48.2 Å². The Morgan fingerprint density at radius 1 is 0.541 bits per heavy atom. The van der Waals surface area contributed by atoms with Crippen LogP contribution in [0.3, 0.4) is 0 Å². The molecule has 0 aliphatic rings. The average molecular weight is 714 g/mol. The normalized spacial score (nSPS) is 13.4. The predicted octanol–water partition coefficient (Wildman–Crippen LogP) is 12.8. The van der Waals surface area contributed by atoms with E-state index in [1.165, 1.54) is 11.1 Å². The van der Waals surface area contributed by atoms with Gasteiger partial charge in [-0.2, -0.15) is 0 Å². The van der Waals surface area contributed by atoms with Gasteiger partial charge in [0.15, 0.2) is 0 Å². The van der Waals surface area contributed by atoms with Crippen molar-refractivity contribution in [2.45, 2.75) is 10.5 Å². The van der Waals surface area contributed by atoms with Crippen LogP contribution < -0.4 is 0 Å². The lowest BCUT2D eigenvalue weighted by Crippen LogP contribution is -1.97. The quantitative estimate of drug-likeness (QED) is 0.175. The van der Waals surface area contributed by atoms with Crippen molar-refractivity contribution in [1.82, 2.24) is 0 Å². The van der Waals surface area contributed by atoms with Crippen LogP contribution >= 0.6 is 90.0 Å². The highest BCUT2D eigenvalue weighted by Crippen LogP contribution is 2.44. The van der Waals surface area contributed by atoms with Gasteiger partial charge in [-0.15, -0.1) is 11.8 Å². The molecule has 188 valence electrons. The lowest BCUT2D eigenvalue weighted by Gasteiger charge is -2.20. The molecular formula is C30H20Br2Cl4S. The Labute approximate surface area is 258 Å². The van der Waals surface area contributed by atoms with E-state index in [2.05, 4.69) is 92.5 Å². The van der Waals surface area contributed by atoms with Crippen molar-refractivity contribution >= 4 is 102 Å². The Kier molecular flexibility index (Phi) is 10.7. The van der Waals surface area contributed by atoms with Gasteiger partial charge in [-0.1, -0.05) is 151 Å². The monoisotopic (exact) mass is 710 g/mol. The molecule has 4 aromatic rings. The second kappa shape index (κ2) is 13.8. The van der Waals surface area contributed by atoms with Crippen molar-refractivity contribution in [2.24, 2.45) is 0 Å². The molecule has 0 nitrogen and oxygen atoms in total. The SMILES string of the molecule is Clc1cccc(C=CC(SC(C=Cc2cccc(Cl)c2Cl)c2ccc(Br)cc2)c2ccc(Br)cc2)c1Cl. The minimum Gasteiger partial charge on any atom is -0.137 e.